The summed E-state index contributed by atoms with van der Waals surface area (Å²) in [6, 6.07) is 0.195. The fourth-order valence-electron chi connectivity index (χ4n) is 3.26. The molecular weight excluding hydrogens is 334 g/mol. The molecule has 0 saturated heterocycles. The van der Waals surface area contributed by atoms with Crippen molar-refractivity contribution in [2.45, 2.75) is 70.9 Å². The Hall–Kier alpha value is -1.51. The summed E-state index contributed by atoms with van der Waals surface area (Å²) in [4.78, 5) is 14.7. The van der Waals surface area contributed by atoms with Crippen molar-refractivity contribution in [2.24, 2.45) is 0 Å². The summed E-state index contributed by atoms with van der Waals surface area (Å²) < 4.78 is 12.6. The number of hydrogen-bond acceptors (Lipinski definition) is 6. The predicted molar refractivity (Wildman–Crippen MR) is 98.9 cm³/mol. The Bertz CT molecular complexity index is 561. The first-order valence-electron chi connectivity index (χ1n) is 9.49. The van der Waals surface area contributed by atoms with Gasteiger partial charge >= 0.3 is 0 Å². The predicted octanol–water partition coefficient (Wildman–Crippen LogP) is 1.67. The van der Waals surface area contributed by atoms with Crippen LogP contribution in [0.2, 0.25) is 0 Å². The number of aromatic nitrogens is 3. The highest BCUT2D eigenvalue weighted by Crippen LogP contribution is 2.31. The van der Waals surface area contributed by atoms with Gasteiger partial charge in [0.25, 0.3) is 5.91 Å². The Labute approximate surface area is 156 Å². The van der Waals surface area contributed by atoms with Crippen LogP contribution in [-0.2, 0) is 16.0 Å². The van der Waals surface area contributed by atoms with E-state index in [1.807, 2.05) is 13.8 Å². The van der Waals surface area contributed by atoms with Gasteiger partial charge in [0, 0.05) is 24.8 Å². The van der Waals surface area contributed by atoms with E-state index in [2.05, 4.69) is 41.5 Å². The van der Waals surface area contributed by atoms with Gasteiger partial charge in [-0.2, -0.15) is 0 Å². The summed E-state index contributed by atoms with van der Waals surface area (Å²) in [5.74, 6) is -0.168. The SMILES string of the molecule is CCOC(Cn1cc(C(=O)NC2CCC(C)(N(C)C)CC2)nn1)OCC. The van der Waals surface area contributed by atoms with Crippen LogP contribution in [0.5, 0.6) is 0 Å². The lowest BCUT2D eigenvalue weighted by Crippen LogP contribution is -2.48. The second kappa shape index (κ2) is 9.43. The fraction of sp³-hybridized carbons (Fsp3) is 0.833. The second-order valence-electron chi connectivity index (χ2n) is 7.31. The summed E-state index contributed by atoms with van der Waals surface area (Å²) in [5.41, 5.74) is 0.551. The highest BCUT2D eigenvalue weighted by molar-refractivity contribution is 5.92. The molecule has 1 heterocycles. The summed E-state index contributed by atoms with van der Waals surface area (Å²) >= 11 is 0. The molecule has 1 aromatic heterocycles. The molecule has 8 nitrogen and oxygen atoms in total. The van der Waals surface area contributed by atoms with E-state index in [0.29, 0.717) is 25.5 Å². The third-order valence-electron chi connectivity index (χ3n) is 5.29. The van der Waals surface area contributed by atoms with Crippen molar-refractivity contribution in [1.29, 1.82) is 0 Å². The molecular formula is C18H33N5O3. The molecule has 0 atom stereocenters. The van der Waals surface area contributed by atoms with E-state index < -0.39 is 0 Å². The van der Waals surface area contributed by atoms with Crippen molar-refractivity contribution in [3.8, 4) is 0 Å². The minimum absolute atomic E-state index is 0.168. The van der Waals surface area contributed by atoms with E-state index in [1.54, 1.807) is 10.9 Å². The maximum Gasteiger partial charge on any atom is 0.273 e. The largest absolute Gasteiger partial charge is 0.351 e. The molecule has 148 valence electrons. The number of carbonyl (C=O) groups excluding carboxylic acids is 1. The molecule has 1 aromatic rings. The summed E-state index contributed by atoms with van der Waals surface area (Å²) in [5, 5.41) is 11.1. The van der Waals surface area contributed by atoms with Gasteiger partial charge in [-0.3, -0.25) is 4.79 Å². The maximum absolute atomic E-state index is 12.5. The molecule has 26 heavy (non-hydrogen) atoms. The van der Waals surface area contributed by atoms with E-state index in [4.69, 9.17) is 9.47 Å². The Morgan fingerprint density at radius 2 is 1.96 bits per heavy atom. The van der Waals surface area contributed by atoms with E-state index in [0.717, 1.165) is 25.7 Å². The monoisotopic (exact) mass is 367 g/mol. The molecule has 0 unspecified atom stereocenters. The van der Waals surface area contributed by atoms with Gasteiger partial charge in [0.1, 0.15) is 0 Å². The van der Waals surface area contributed by atoms with E-state index in [-0.39, 0.29) is 23.8 Å². The summed E-state index contributed by atoms with van der Waals surface area (Å²) in [7, 11) is 4.24. The van der Waals surface area contributed by atoms with Gasteiger partial charge in [-0.05, 0) is 60.5 Å². The van der Waals surface area contributed by atoms with E-state index in [1.165, 1.54) is 0 Å². The third kappa shape index (κ3) is 5.49. The average molecular weight is 367 g/mol. The van der Waals surface area contributed by atoms with Crippen LogP contribution in [0.25, 0.3) is 0 Å². The van der Waals surface area contributed by atoms with Crippen molar-refractivity contribution in [2.75, 3.05) is 27.3 Å². The number of ether oxygens (including phenoxy) is 2. The van der Waals surface area contributed by atoms with Crippen molar-refractivity contribution in [3.05, 3.63) is 11.9 Å². The van der Waals surface area contributed by atoms with Gasteiger partial charge < -0.3 is 19.7 Å². The molecule has 8 heteroatoms. The Morgan fingerprint density at radius 3 is 2.50 bits per heavy atom. The standard InChI is InChI=1S/C18H33N5O3/c1-6-25-16(26-7-2)13-23-12-15(20-21-23)17(24)19-14-8-10-18(3,11-9-14)22(4)5/h12,14,16H,6-11,13H2,1-5H3,(H,19,24). The number of nitrogens with one attached hydrogen (secondary N) is 1. The quantitative estimate of drug-likeness (QED) is 0.669. The smallest absolute Gasteiger partial charge is 0.273 e. The first kappa shape index (κ1) is 20.8. The average Bonchev–Trinajstić information content (AvgIpc) is 3.06. The topological polar surface area (TPSA) is 81.5 Å². The highest BCUT2D eigenvalue weighted by atomic mass is 16.7. The molecule has 0 bridgehead atoms. The molecule has 0 spiro atoms. The van der Waals surface area contributed by atoms with Crippen LogP contribution in [0.15, 0.2) is 6.20 Å². The van der Waals surface area contributed by atoms with Crippen LogP contribution in [-0.4, -0.2) is 71.0 Å². The van der Waals surface area contributed by atoms with Crippen LogP contribution in [0.4, 0.5) is 0 Å². The molecule has 2 rings (SSSR count). The van der Waals surface area contributed by atoms with E-state index >= 15 is 0 Å². The molecule has 1 aliphatic carbocycles. The third-order valence-corrected chi connectivity index (χ3v) is 5.29. The summed E-state index contributed by atoms with van der Waals surface area (Å²) in [6.45, 7) is 7.63. The van der Waals surface area contributed by atoms with Crippen LogP contribution in [0.1, 0.15) is 56.9 Å². The van der Waals surface area contributed by atoms with Crippen molar-refractivity contribution in [1.82, 2.24) is 25.2 Å². The minimum Gasteiger partial charge on any atom is -0.351 e. The van der Waals surface area contributed by atoms with Gasteiger partial charge in [-0.15, -0.1) is 5.10 Å². The molecule has 1 aliphatic rings. The number of nitrogens with zero attached hydrogens (tertiary/aromatic N) is 4. The Kier molecular flexibility index (Phi) is 7.55. The number of carbonyl (C=O) groups is 1. The first-order chi connectivity index (χ1) is 12.4. The molecule has 1 N–H and O–H groups in total. The van der Waals surface area contributed by atoms with Gasteiger partial charge in [0.15, 0.2) is 12.0 Å². The van der Waals surface area contributed by atoms with Gasteiger partial charge in [-0.25, -0.2) is 4.68 Å². The normalized spacial score (nSPS) is 23.6. The number of amides is 1. The van der Waals surface area contributed by atoms with Crippen LogP contribution in [0.3, 0.4) is 0 Å². The molecule has 0 aromatic carbocycles. The highest BCUT2D eigenvalue weighted by Gasteiger charge is 2.33. The zero-order valence-corrected chi connectivity index (χ0v) is 16.7. The molecule has 0 aliphatic heterocycles. The minimum atomic E-state index is -0.385. The first-order valence-corrected chi connectivity index (χ1v) is 9.49. The number of hydrogen-bond donors (Lipinski definition) is 1. The Balaban J connectivity index is 1.86. The lowest BCUT2D eigenvalue weighted by atomic mass is 9.80. The molecule has 1 amide bonds. The lowest BCUT2D eigenvalue weighted by molar-refractivity contribution is -0.145. The van der Waals surface area contributed by atoms with Crippen LogP contribution < -0.4 is 5.32 Å². The second-order valence-corrected chi connectivity index (χ2v) is 7.31. The van der Waals surface area contributed by atoms with Crippen LogP contribution in [0, 0.1) is 0 Å². The van der Waals surface area contributed by atoms with Crippen molar-refractivity contribution < 1.29 is 14.3 Å². The molecule has 1 saturated carbocycles. The van der Waals surface area contributed by atoms with E-state index in [9.17, 15) is 4.79 Å². The maximum atomic E-state index is 12.5. The van der Waals surface area contributed by atoms with Gasteiger partial charge in [0.05, 0.1) is 12.7 Å². The zero-order chi connectivity index (χ0) is 19.2. The van der Waals surface area contributed by atoms with Crippen molar-refractivity contribution >= 4 is 5.91 Å². The summed E-state index contributed by atoms with van der Waals surface area (Å²) in [6.07, 6.45) is 5.36. The fourth-order valence-corrected chi connectivity index (χ4v) is 3.26. The van der Waals surface area contributed by atoms with Crippen molar-refractivity contribution in [3.63, 3.8) is 0 Å². The Morgan fingerprint density at radius 1 is 1.35 bits per heavy atom. The van der Waals surface area contributed by atoms with Gasteiger partial charge in [-0.1, -0.05) is 5.21 Å². The zero-order valence-electron chi connectivity index (χ0n) is 16.7. The molecule has 1 fully saturated rings. The lowest BCUT2D eigenvalue weighted by Gasteiger charge is -2.42. The van der Waals surface area contributed by atoms with Gasteiger partial charge in [0.2, 0.25) is 0 Å². The number of rotatable bonds is 9. The van der Waals surface area contributed by atoms with Crippen LogP contribution >= 0.6 is 0 Å². The molecule has 0 radical (unpaired) electrons.